The molecule has 6 heterocycles. The topological polar surface area (TPSA) is 177 Å². The predicted molar refractivity (Wildman–Crippen MR) is 188 cm³/mol. The molecule has 275 valence electrons. The number of nitrogens with one attached hydrogen (secondary N) is 2. The molecule has 10 nitrogen and oxygen atoms in total. The van der Waals surface area contributed by atoms with Crippen molar-refractivity contribution in [2.45, 2.75) is 113 Å². The minimum atomic E-state index is -4.94. The van der Waals surface area contributed by atoms with Gasteiger partial charge in [0.2, 0.25) is 0 Å². The van der Waals surface area contributed by atoms with E-state index in [2.05, 4.69) is 88.6 Å². The molecule has 1 radical (unpaired) electrons. The molecule has 6 rings (SSSR count). The fraction of sp³-hybridized carbons (Fsp3) is 0.436. The summed E-state index contributed by atoms with van der Waals surface area (Å²) in [5.74, 6) is 0. The van der Waals surface area contributed by atoms with Gasteiger partial charge in [0.15, 0.2) is 0 Å². The minimum Gasteiger partial charge on any atom is -0.657 e. The first-order valence-corrected chi connectivity index (χ1v) is 19.0. The quantitative estimate of drug-likeness (QED) is 0.259. The van der Waals surface area contributed by atoms with Gasteiger partial charge in [-0.1, -0.05) is 95.9 Å². The van der Waals surface area contributed by atoms with Gasteiger partial charge in [-0.05, 0) is 73.6 Å². The predicted octanol–water partition coefficient (Wildman–Crippen LogP) is 2.08. The summed E-state index contributed by atoms with van der Waals surface area (Å²) in [6, 6.07) is 0. The molecule has 0 spiro atoms. The van der Waals surface area contributed by atoms with Gasteiger partial charge in [0.05, 0.1) is 17.7 Å². The number of hydrogen-bond acceptors (Lipinski definition) is 6. The van der Waals surface area contributed by atoms with Gasteiger partial charge >= 0.3 is 17.1 Å². The summed E-state index contributed by atoms with van der Waals surface area (Å²) in [5.41, 5.74) is 18.1. The maximum Gasteiger partial charge on any atom is 3.00 e. The van der Waals surface area contributed by atoms with Crippen molar-refractivity contribution in [1.82, 2.24) is 24.9 Å². The molecule has 0 saturated heterocycles. The first-order chi connectivity index (χ1) is 24.0. The van der Waals surface area contributed by atoms with Crippen LogP contribution < -0.4 is 39.3 Å². The van der Waals surface area contributed by atoms with E-state index in [1.807, 2.05) is 0 Å². The fourth-order valence-corrected chi connectivity index (χ4v) is 7.43. The number of aromatic nitrogens is 5. The van der Waals surface area contributed by atoms with Crippen LogP contribution in [0.2, 0.25) is 0 Å². The zero-order valence-electron chi connectivity index (χ0n) is 31.0. The van der Waals surface area contributed by atoms with Crippen LogP contribution in [0.4, 0.5) is 0 Å². The summed E-state index contributed by atoms with van der Waals surface area (Å²) >= 11 is 0. The van der Waals surface area contributed by atoms with Gasteiger partial charge in [0.1, 0.15) is 0 Å². The molecule has 0 aromatic carbocycles. The Bertz CT molecular complexity index is 1950. The summed E-state index contributed by atoms with van der Waals surface area (Å²) in [6.45, 7) is 18.1. The summed E-state index contributed by atoms with van der Waals surface area (Å²) < 4.78 is 34.0. The van der Waals surface area contributed by atoms with Crippen LogP contribution in [0.15, 0.2) is 40.6 Å². The molecule has 51 heavy (non-hydrogen) atoms. The maximum atomic E-state index is 8.49. The molecule has 4 aromatic rings. The number of hydrogen-bond donors (Lipinski definition) is 2. The van der Waals surface area contributed by atoms with Crippen molar-refractivity contribution in [2.24, 2.45) is 4.99 Å². The Morgan fingerprint density at radius 1 is 0.647 bits per heavy atom. The maximum absolute atomic E-state index is 8.49. The van der Waals surface area contributed by atoms with E-state index in [1.165, 1.54) is 61.6 Å². The van der Waals surface area contributed by atoms with Gasteiger partial charge in [0.25, 0.3) is 0 Å². The molecule has 2 aliphatic heterocycles. The third kappa shape index (κ3) is 9.73. The monoisotopic (exact) mass is 757 g/mol. The molecule has 2 N–H and O–H groups in total. The number of fused-ring (bicyclic) bond motifs is 7. The minimum absolute atomic E-state index is 0. The van der Waals surface area contributed by atoms with E-state index in [0.29, 0.717) is 0 Å². The molecule has 2 aliphatic rings. The number of halogens is 1. The van der Waals surface area contributed by atoms with Gasteiger partial charge < -0.3 is 19.9 Å². The van der Waals surface area contributed by atoms with E-state index >= 15 is 0 Å². The van der Waals surface area contributed by atoms with Crippen molar-refractivity contribution in [3.05, 3.63) is 102 Å². The van der Waals surface area contributed by atoms with Crippen LogP contribution in [-0.4, -0.2) is 20.7 Å². The molecular weight excluding hydrogens is 708 g/mol. The van der Waals surface area contributed by atoms with Crippen molar-refractivity contribution in [3.8, 4) is 0 Å². The second-order valence-electron chi connectivity index (χ2n) is 12.1. The summed E-state index contributed by atoms with van der Waals surface area (Å²) in [7, 11) is -4.94. The molecule has 0 fully saturated rings. The van der Waals surface area contributed by atoms with E-state index in [4.69, 9.17) is 33.6 Å². The van der Waals surface area contributed by atoms with Gasteiger partial charge in [-0.2, -0.15) is 0 Å². The number of aliphatic imine (C=N–C) groups is 1. The average Bonchev–Trinajstić information content (AvgIpc) is 3.91. The van der Waals surface area contributed by atoms with Crippen molar-refractivity contribution in [2.75, 3.05) is 0 Å². The largest absolute Gasteiger partial charge is 3.00 e. The Kier molecular flexibility index (Phi) is 15.6. The van der Waals surface area contributed by atoms with Gasteiger partial charge in [-0.3, -0.25) is 4.99 Å². The van der Waals surface area contributed by atoms with Gasteiger partial charge in [-0.25, -0.2) is 23.6 Å². The van der Waals surface area contributed by atoms with E-state index in [9.17, 15) is 0 Å². The van der Waals surface area contributed by atoms with Crippen molar-refractivity contribution < 1.29 is 45.9 Å². The number of nitrogens with zero attached hydrogens (tertiary/aromatic N) is 4. The second-order valence-corrected chi connectivity index (χ2v) is 12.9. The molecule has 12 heteroatoms. The SMILES string of the molecule is CCC1=C(CC)C2=NC1=Cc1[n-]c(c(CC)c1CC)C=c1[n-]c(c(CC)c1CC)=Cc1[nH]c(c(CC)c1CC)C2.[Fe+3].[O-][Cl+3]([O-])([O-])[O-].c1c[nH]cn1. The number of imidazole rings is 1. The Morgan fingerprint density at radius 3 is 1.63 bits per heavy atom. The van der Waals surface area contributed by atoms with Crippen molar-refractivity contribution >= 4 is 23.9 Å². The number of aromatic amines is 2. The van der Waals surface area contributed by atoms with Crippen LogP contribution in [0.5, 0.6) is 0 Å². The fourth-order valence-electron chi connectivity index (χ4n) is 7.43. The van der Waals surface area contributed by atoms with Crippen LogP contribution >= 0.6 is 0 Å². The number of allylic oxidation sites excluding steroid dienone is 2. The summed E-state index contributed by atoms with van der Waals surface area (Å²) in [4.78, 5) is 26.2. The zero-order valence-corrected chi connectivity index (χ0v) is 32.8. The first-order valence-electron chi connectivity index (χ1n) is 17.8. The third-order valence-electron chi connectivity index (χ3n) is 9.47. The second kappa shape index (κ2) is 18.9. The first kappa shape index (κ1) is 42.0. The van der Waals surface area contributed by atoms with Crippen LogP contribution in [0, 0.1) is 10.2 Å². The molecule has 4 aromatic heterocycles. The molecule has 0 unspecified atom stereocenters. The summed E-state index contributed by atoms with van der Waals surface area (Å²) in [6.07, 6.45) is 20.6. The van der Waals surface area contributed by atoms with E-state index < -0.39 is 10.2 Å². The van der Waals surface area contributed by atoms with Gasteiger partial charge in [-0.15, -0.1) is 32.3 Å². The van der Waals surface area contributed by atoms with Crippen molar-refractivity contribution in [1.29, 1.82) is 0 Å². The van der Waals surface area contributed by atoms with E-state index in [0.717, 1.165) is 85.6 Å². The summed E-state index contributed by atoms with van der Waals surface area (Å²) in [5, 5.41) is 2.18. The zero-order chi connectivity index (χ0) is 36.6. The Labute approximate surface area is 314 Å². The molecule has 0 saturated carbocycles. The average molecular weight is 758 g/mol. The van der Waals surface area contributed by atoms with Crippen molar-refractivity contribution in [3.63, 3.8) is 0 Å². The Balaban J connectivity index is 0.000000556. The van der Waals surface area contributed by atoms with E-state index in [-0.39, 0.29) is 17.1 Å². The normalized spacial score (nSPS) is 13.6. The number of rotatable bonds is 8. The van der Waals surface area contributed by atoms with E-state index in [1.54, 1.807) is 18.7 Å². The van der Waals surface area contributed by atoms with Crippen LogP contribution in [0.3, 0.4) is 0 Å². The van der Waals surface area contributed by atoms with Crippen LogP contribution in [0.1, 0.15) is 124 Å². The molecule has 0 atom stereocenters. The molecule has 8 bridgehead atoms. The molecular formula is C39H50ClFeN6O4. The standard InChI is InChI=1S/C36H46N4.C3H4N2.ClHO4.Fe/c1-9-21-22(10-2)30-18-32-25(13-5)26(14-6)34(39-32)20-36-28(16-8)27(15-7)35(40-36)19-33-24(12-4)23(11-3)31(38-33)17-29(21)37-30;1-2-5-3-4-1;2-1(3,4)5;/h17-19,39H,9-16,20H2,1-8H3;1-3H,(H,4,5);(H,2,3,4,5);/q-2;;;+3/p-1. The number of H-pyrrole nitrogens is 2. The Morgan fingerprint density at radius 2 is 1.18 bits per heavy atom. The van der Waals surface area contributed by atoms with Crippen LogP contribution in [-0.2, 0) is 62.0 Å². The van der Waals surface area contributed by atoms with Crippen LogP contribution in [0.25, 0.3) is 18.2 Å². The van der Waals surface area contributed by atoms with Gasteiger partial charge in [0, 0.05) is 30.2 Å². The smallest absolute Gasteiger partial charge is 0.657 e. The molecule has 0 aliphatic carbocycles. The molecule has 0 amide bonds. The Hall–Kier alpha value is -3.41. The third-order valence-corrected chi connectivity index (χ3v) is 9.47.